The van der Waals surface area contributed by atoms with Gasteiger partial charge in [0.2, 0.25) is 0 Å². The third-order valence-corrected chi connectivity index (χ3v) is 5.26. The topological polar surface area (TPSA) is 29.1 Å². The third-order valence-electron chi connectivity index (χ3n) is 4.11. The van der Waals surface area contributed by atoms with Crippen LogP contribution in [-0.2, 0) is 0 Å². The van der Waals surface area contributed by atoms with Crippen LogP contribution in [-0.4, -0.2) is 11.9 Å². The van der Waals surface area contributed by atoms with E-state index in [1.54, 1.807) is 0 Å². The summed E-state index contributed by atoms with van der Waals surface area (Å²) in [6.07, 6.45) is 3.38. The molecule has 2 nitrogen and oxygen atoms in total. The van der Waals surface area contributed by atoms with E-state index in [-0.39, 0.29) is 5.91 Å². The molecule has 0 saturated heterocycles. The average molecular weight is 389 g/mol. The Balaban J connectivity index is 2.01. The number of hydrogen-bond acceptors (Lipinski definition) is 1. The van der Waals surface area contributed by atoms with E-state index in [2.05, 4.69) is 51.0 Å². The molecule has 1 saturated carbocycles. The Hall–Kier alpha value is -0.350. The van der Waals surface area contributed by atoms with Crippen molar-refractivity contribution in [1.29, 1.82) is 0 Å². The highest BCUT2D eigenvalue weighted by Gasteiger charge is 2.26. The highest BCUT2D eigenvalue weighted by atomic mass is 79.9. The highest BCUT2D eigenvalue weighted by molar-refractivity contribution is 9.11. The predicted molar refractivity (Wildman–Crippen MR) is 85.3 cm³/mol. The Morgan fingerprint density at radius 3 is 2.58 bits per heavy atom. The molecule has 0 aliphatic heterocycles. The molecule has 1 aromatic carbocycles. The molecule has 1 amide bonds. The van der Waals surface area contributed by atoms with Crippen molar-refractivity contribution < 1.29 is 4.79 Å². The van der Waals surface area contributed by atoms with Crippen LogP contribution in [0.15, 0.2) is 27.1 Å². The zero-order valence-corrected chi connectivity index (χ0v) is 14.4. The van der Waals surface area contributed by atoms with Gasteiger partial charge in [0, 0.05) is 15.0 Å². The van der Waals surface area contributed by atoms with Crippen LogP contribution in [0.2, 0.25) is 0 Å². The number of rotatable bonds is 2. The first-order chi connectivity index (χ1) is 8.97. The molecule has 1 aromatic rings. The molecule has 4 heteroatoms. The van der Waals surface area contributed by atoms with Crippen molar-refractivity contribution >= 4 is 37.8 Å². The van der Waals surface area contributed by atoms with E-state index in [0.717, 1.165) is 27.7 Å². The molecule has 3 atom stereocenters. The second-order valence-electron chi connectivity index (χ2n) is 5.56. The maximum atomic E-state index is 12.3. The summed E-state index contributed by atoms with van der Waals surface area (Å²) in [5, 5.41) is 3.16. The zero-order chi connectivity index (χ0) is 14.0. The Kier molecular flexibility index (Phi) is 5.07. The maximum absolute atomic E-state index is 12.3. The van der Waals surface area contributed by atoms with Gasteiger partial charge in [-0.3, -0.25) is 4.79 Å². The minimum atomic E-state index is 0.0196. The lowest BCUT2D eigenvalue weighted by Crippen LogP contribution is -2.39. The largest absolute Gasteiger partial charge is 0.349 e. The van der Waals surface area contributed by atoms with Crippen LogP contribution in [0.3, 0.4) is 0 Å². The second kappa shape index (κ2) is 6.40. The van der Waals surface area contributed by atoms with E-state index >= 15 is 0 Å². The predicted octanol–water partition coefficient (Wildman–Crippen LogP) is 4.77. The first-order valence-electron chi connectivity index (χ1n) is 6.73. The summed E-state index contributed by atoms with van der Waals surface area (Å²) in [6.45, 7) is 4.58. The molecule has 0 radical (unpaired) electrons. The number of halogens is 2. The van der Waals surface area contributed by atoms with Crippen LogP contribution in [0.25, 0.3) is 0 Å². The lowest BCUT2D eigenvalue weighted by molar-refractivity contribution is 0.0910. The summed E-state index contributed by atoms with van der Waals surface area (Å²) in [5.41, 5.74) is 0.703. The maximum Gasteiger partial charge on any atom is 0.252 e. The number of carbonyl (C=O) groups is 1. The van der Waals surface area contributed by atoms with E-state index in [0.29, 0.717) is 17.5 Å². The summed E-state index contributed by atoms with van der Waals surface area (Å²) in [6, 6.07) is 5.96. The fraction of sp³-hybridized carbons (Fsp3) is 0.533. The SMILES string of the molecule is CC1CCC(NC(=O)c2ccc(Br)cc2Br)CC1C. The molecule has 1 N–H and O–H groups in total. The zero-order valence-electron chi connectivity index (χ0n) is 11.2. The van der Waals surface area contributed by atoms with Gasteiger partial charge in [0.15, 0.2) is 0 Å². The van der Waals surface area contributed by atoms with Gasteiger partial charge in [-0.25, -0.2) is 0 Å². The number of amides is 1. The molecule has 3 unspecified atom stereocenters. The summed E-state index contributed by atoms with van der Waals surface area (Å²) in [5.74, 6) is 1.48. The summed E-state index contributed by atoms with van der Waals surface area (Å²) >= 11 is 6.84. The van der Waals surface area contributed by atoms with Crippen LogP contribution in [0.5, 0.6) is 0 Å². The van der Waals surface area contributed by atoms with Crippen LogP contribution in [0.4, 0.5) is 0 Å². The minimum Gasteiger partial charge on any atom is -0.349 e. The van der Waals surface area contributed by atoms with Crippen molar-refractivity contribution in [2.75, 3.05) is 0 Å². The Labute approximate surface area is 131 Å². The van der Waals surface area contributed by atoms with Crippen LogP contribution in [0.1, 0.15) is 43.5 Å². The van der Waals surface area contributed by atoms with Gasteiger partial charge < -0.3 is 5.32 Å². The first kappa shape index (κ1) is 15.0. The normalized spacial score (nSPS) is 27.1. The fourth-order valence-corrected chi connectivity index (χ4v) is 3.84. The molecular weight excluding hydrogens is 370 g/mol. The van der Waals surface area contributed by atoms with Gasteiger partial charge in [-0.2, -0.15) is 0 Å². The van der Waals surface area contributed by atoms with Gasteiger partial charge in [-0.15, -0.1) is 0 Å². The monoisotopic (exact) mass is 387 g/mol. The van der Waals surface area contributed by atoms with Crippen molar-refractivity contribution in [3.8, 4) is 0 Å². The average Bonchev–Trinajstić information content (AvgIpc) is 2.33. The second-order valence-corrected chi connectivity index (χ2v) is 7.33. The molecule has 19 heavy (non-hydrogen) atoms. The lowest BCUT2D eigenvalue weighted by atomic mass is 9.79. The van der Waals surface area contributed by atoms with E-state index in [4.69, 9.17) is 0 Å². The van der Waals surface area contributed by atoms with Gasteiger partial charge in [-0.1, -0.05) is 29.8 Å². The molecule has 0 heterocycles. The summed E-state index contributed by atoms with van der Waals surface area (Å²) in [4.78, 5) is 12.3. The van der Waals surface area contributed by atoms with E-state index < -0.39 is 0 Å². The lowest BCUT2D eigenvalue weighted by Gasteiger charge is -2.32. The van der Waals surface area contributed by atoms with E-state index in [1.165, 1.54) is 6.42 Å². The Bertz CT molecular complexity index is 475. The van der Waals surface area contributed by atoms with E-state index in [1.807, 2.05) is 18.2 Å². The standard InChI is InChI=1S/C15H19Br2NO/c1-9-3-5-12(7-10(9)2)18-15(19)13-6-4-11(16)8-14(13)17/h4,6,8-10,12H,3,5,7H2,1-2H3,(H,18,19). The van der Waals surface area contributed by atoms with Crippen molar-refractivity contribution in [2.24, 2.45) is 11.8 Å². The quantitative estimate of drug-likeness (QED) is 0.776. The first-order valence-corrected chi connectivity index (χ1v) is 8.32. The van der Waals surface area contributed by atoms with Crippen molar-refractivity contribution in [3.63, 3.8) is 0 Å². The van der Waals surface area contributed by atoms with Crippen molar-refractivity contribution in [1.82, 2.24) is 5.32 Å². The number of nitrogens with one attached hydrogen (secondary N) is 1. The minimum absolute atomic E-state index is 0.0196. The fourth-order valence-electron chi connectivity index (χ4n) is 2.62. The van der Waals surface area contributed by atoms with Crippen molar-refractivity contribution in [3.05, 3.63) is 32.7 Å². The Morgan fingerprint density at radius 1 is 1.21 bits per heavy atom. The van der Waals surface area contributed by atoms with E-state index in [9.17, 15) is 4.79 Å². The molecule has 1 aliphatic rings. The summed E-state index contributed by atoms with van der Waals surface area (Å²) in [7, 11) is 0. The van der Waals surface area contributed by atoms with Crippen molar-refractivity contribution in [2.45, 2.75) is 39.2 Å². The third kappa shape index (κ3) is 3.82. The van der Waals surface area contributed by atoms with Crippen LogP contribution >= 0.6 is 31.9 Å². The number of carbonyl (C=O) groups excluding carboxylic acids is 1. The molecule has 1 aliphatic carbocycles. The molecule has 0 aromatic heterocycles. The summed E-state index contributed by atoms with van der Waals surface area (Å²) < 4.78 is 1.80. The smallest absolute Gasteiger partial charge is 0.252 e. The molecule has 0 bridgehead atoms. The highest BCUT2D eigenvalue weighted by Crippen LogP contribution is 2.30. The van der Waals surface area contributed by atoms with Gasteiger partial charge >= 0.3 is 0 Å². The van der Waals surface area contributed by atoms with Gasteiger partial charge in [0.05, 0.1) is 5.56 Å². The van der Waals surface area contributed by atoms with Gasteiger partial charge in [0.25, 0.3) is 5.91 Å². The molecule has 0 spiro atoms. The number of hydrogen-bond donors (Lipinski definition) is 1. The number of benzene rings is 1. The van der Waals surface area contributed by atoms with Gasteiger partial charge in [-0.05, 0) is 65.2 Å². The molecular formula is C15H19Br2NO. The molecule has 1 fully saturated rings. The Morgan fingerprint density at radius 2 is 1.95 bits per heavy atom. The molecule has 2 rings (SSSR count). The van der Waals surface area contributed by atoms with Crippen LogP contribution < -0.4 is 5.32 Å². The van der Waals surface area contributed by atoms with Gasteiger partial charge in [0.1, 0.15) is 0 Å². The van der Waals surface area contributed by atoms with Crippen LogP contribution in [0, 0.1) is 11.8 Å². The molecule has 104 valence electrons.